The number of benzene rings is 3. The van der Waals surface area contributed by atoms with Crippen molar-refractivity contribution < 1.29 is 24.6 Å². The molecule has 2 N–H and O–H groups in total. The highest BCUT2D eigenvalue weighted by atomic mass is 16.4. The largest absolute Gasteiger partial charge is 0.507 e. The summed E-state index contributed by atoms with van der Waals surface area (Å²) in [5, 5.41) is 20.2. The molecule has 6 heteroatoms. The number of nitrogens with zero attached hydrogens (tertiary/aromatic N) is 1. The molecule has 33 heavy (non-hydrogen) atoms. The average Bonchev–Trinajstić information content (AvgIpc) is 3.09. The van der Waals surface area contributed by atoms with Gasteiger partial charge in [-0.3, -0.25) is 9.59 Å². The third-order valence-corrected chi connectivity index (χ3v) is 5.84. The molecule has 0 aliphatic carbocycles. The molecule has 1 amide bonds. The van der Waals surface area contributed by atoms with E-state index in [0.29, 0.717) is 16.7 Å². The molecule has 0 radical (unpaired) electrons. The number of aliphatic hydroxyl groups is 1. The summed E-state index contributed by atoms with van der Waals surface area (Å²) < 4.78 is 0. The fourth-order valence-corrected chi connectivity index (χ4v) is 4.03. The zero-order chi connectivity index (χ0) is 23.5. The minimum atomic E-state index is -1.04. The molecule has 1 unspecified atom stereocenters. The molecular formula is C27H23NO5. The van der Waals surface area contributed by atoms with Gasteiger partial charge in [-0.15, -0.1) is 0 Å². The van der Waals surface area contributed by atoms with Gasteiger partial charge in [-0.05, 0) is 35.2 Å². The molecule has 6 nitrogen and oxygen atoms in total. The van der Waals surface area contributed by atoms with Crippen LogP contribution in [0.15, 0.2) is 84.4 Å². The number of amides is 1. The van der Waals surface area contributed by atoms with Crippen LogP contribution >= 0.6 is 0 Å². The minimum absolute atomic E-state index is 0.0394. The summed E-state index contributed by atoms with van der Waals surface area (Å²) in [6, 6.07) is 21.7. The van der Waals surface area contributed by atoms with Gasteiger partial charge in [0.1, 0.15) is 5.76 Å². The van der Waals surface area contributed by atoms with Gasteiger partial charge in [-0.2, -0.15) is 0 Å². The van der Waals surface area contributed by atoms with Crippen molar-refractivity contribution >= 4 is 23.4 Å². The van der Waals surface area contributed by atoms with E-state index in [2.05, 4.69) is 0 Å². The molecule has 0 aromatic heterocycles. The number of aliphatic hydroxyl groups excluding tert-OH is 1. The van der Waals surface area contributed by atoms with Crippen molar-refractivity contribution in [3.8, 4) is 0 Å². The van der Waals surface area contributed by atoms with Crippen LogP contribution in [0.1, 0.15) is 45.6 Å². The summed E-state index contributed by atoms with van der Waals surface area (Å²) in [4.78, 5) is 38.7. The number of rotatable bonds is 6. The molecule has 0 spiro atoms. The van der Waals surface area contributed by atoms with Crippen molar-refractivity contribution in [2.75, 3.05) is 0 Å². The van der Waals surface area contributed by atoms with Gasteiger partial charge >= 0.3 is 5.97 Å². The SMILES string of the molecule is CCc1ccc(/C(O)=C2\C(=O)C(=O)N(Cc3ccc(C(=O)O)cc3)C2c2ccccc2)cc1. The van der Waals surface area contributed by atoms with Crippen molar-refractivity contribution in [2.24, 2.45) is 0 Å². The van der Waals surface area contributed by atoms with Crippen LogP contribution in [0.3, 0.4) is 0 Å². The van der Waals surface area contributed by atoms with Crippen LogP contribution in [0, 0.1) is 0 Å². The Labute approximate surface area is 191 Å². The first-order chi connectivity index (χ1) is 15.9. The Kier molecular flexibility index (Phi) is 6.09. The first kappa shape index (κ1) is 22.0. The van der Waals surface area contributed by atoms with E-state index in [0.717, 1.165) is 12.0 Å². The second kappa shape index (κ2) is 9.12. The number of likely N-dealkylation sites (tertiary alicyclic amines) is 1. The lowest BCUT2D eigenvalue weighted by Gasteiger charge is -2.25. The van der Waals surface area contributed by atoms with E-state index in [9.17, 15) is 19.5 Å². The fourth-order valence-electron chi connectivity index (χ4n) is 4.03. The predicted molar refractivity (Wildman–Crippen MR) is 124 cm³/mol. The molecule has 4 rings (SSSR count). The maximum Gasteiger partial charge on any atom is 0.335 e. The summed E-state index contributed by atoms with van der Waals surface area (Å²) in [6.45, 7) is 2.12. The predicted octanol–water partition coefficient (Wildman–Crippen LogP) is 4.57. The Morgan fingerprint density at radius 1 is 0.818 bits per heavy atom. The van der Waals surface area contributed by atoms with Crippen LogP contribution in [-0.4, -0.2) is 32.8 Å². The Bertz CT molecular complexity index is 1230. The molecule has 1 atom stereocenters. The van der Waals surface area contributed by atoms with Gasteiger partial charge in [0.25, 0.3) is 11.7 Å². The van der Waals surface area contributed by atoms with E-state index in [1.54, 1.807) is 24.3 Å². The minimum Gasteiger partial charge on any atom is -0.507 e. The molecule has 3 aromatic carbocycles. The van der Waals surface area contributed by atoms with Crippen LogP contribution < -0.4 is 0 Å². The Hall–Kier alpha value is -4.19. The average molecular weight is 441 g/mol. The van der Waals surface area contributed by atoms with Crippen molar-refractivity contribution in [1.29, 1.82) is 0 Å². The molecule has 1 heterocycles. The van der Waals surface area contributed by atoms with E-state index in [4.69, 9.17) is 5.11 Å². The molecule has 1 saturated heterocycles. The van der Waals surface area contributed by atoms with E-state index in [1.807, 2.05) is 49.4 Å². The molecule has 1 aliphatic heterocycles. The van der Waals surface area contributed by atoms with E-state index in [1.165, 1.54) is 17.0 Å². The number of ketones is 1. The maximum atomic E-state index is 13.1. The van der Waals surface area contributed by atoms with E-state index >= 15 is 0 Å². The number of hydrogen-bond acceptors (Lipinski definition) is 4. The highest BCUT2D eigenvalue weighted by Crippen LogP contribution is 2.40. The zero-order valence-corrected chi connectivity index (χ0v) is 18.1. The topological polar surface area (TPSA) is 94.9 Å². The summed E-state index contributed by atoms with van der Waals surface area (Å²) in [6.07, 6.45) is 0.843. The molecule has 1 fully saturated rings. The molecular weight excluding hydrogens is 418 g/mol. The van der Waals surface area contributed by atoms with E-state index < -0.39 is 23.7 Å². The number of carboxylic acid groups (broad SMARTS) is 1. The van der Waals surface area contributed by atoms with Gasteiger partial charge < -0.3 is 15.1 Å². The highest BCUT2D eigenvalue weighted by molar-refractivity contribution is 6.46. The van der Waals surface area contributed by atoms with Crippen LogP contribution in [-0.2, 0) is 22.6 Å². The summed E-state index contributed by atoms with van der Waals surface area (Å²) >= 11 is 0. The number of Topliss-reactive ketones (excluding diaryl/α,β-unsaturated/α-hetero) is 1. The van der Waals surface area contributed by atoms with Gasteiger partial charge in [-0.1, -0.05) is 73.7 Å². The lowest BCUT2D eigenvalue weighted by atomic mass is 9.95. The number of aromatic carboxylic acids is 1. The Morgan fingerprint density at radius 2 is 1.39 bits per heavy atom. The third kappa shape index (κ3) is 4.28. The summed E-state index contributed by atoms with van der Waals surface area (Å²) in [5.74, 6) is -2.71. The second-order valence-corrected chi connectivity index (χ2v) is 7.89. The number of carbonyl (C=O) groups excluding carboxylic acids is 2. The van der Waals surface area contributed by atoms with Gasteiger partial charge in [0, 0.05) is 12.1 Å². The lowest BCUT2D eigenvalue weighted by Crippen LogP contribution is -2.29. The summed E-state index contributed by atoms with van der Waals surface area (Å²) in [5.41, 5.74) is 3.11. The molecule has 3 aromatic rings. The monoisotopic (exact) mass is 441 g/mol. The number of carboxylic acids is 1. The second-order valence-electron chi connectivity index (χ2n) is 7.89. The number of hydrogen-bond donors (Lipinski definition) is 2. The van der Waals surface area contributed by atoms with Gasteiger partial charge in [0.15, 0.2) is 0 Å². The Morgan fingerprint density at radius 3 is 1.97 bits per heavy atom. The summed E-state index contributed by atoms with van der Waals surface area (Å²) in [7, 11) is 0. The smallest absolute Gasteiger partial charge is 0.335 e. The van der Waals surface area contributed by atoms with Crippen molar-refractivity contribution in [1.82, 2.24) is 4.90 Å². The number of aryl methyl sites for hydroxylation is 1. The number of carbonyl (C=O) groups is 3. The quantitative estimate of drug-likeness (QED) is 0.332. The first-order valence-electron chi connectivity index (χ1n) is 10.7. The Balaban J connectivity index is 1.78. The lowest BCUT2D eigenvalue weighted by molar-refractivity contribution is -0.140. The maximum absolute atomic E-state index is 13.1. The molecule has 1 aliphatic rings. The van der Waals surface area contributed by atoms with Crippen LogP contribution in [0.4, 0.5) is 0 Å². The third-order valence-electron chi connectivity index (χ3n) is 5.84. The fraction of sp³-hybridized carbons (Fsp3) is 0.148. The molecule has 0 bridgehead atoms. The molecule has 166 valence electrons. The van der Waals surface area contributed by atoms with Gasteiger partial charge in [0.2, 0.25) is 0 Å². The standard InChI is InChI=1S/C27H23NO5/c1-2-17-8-12-20(13-9-17)24(29)22-23(19-6-4-3-5-7-19)28(26(31)25(22)30)16-18-10-14-21(15-11-18)27(32)33/h3-15,23,29H,2,16H2,1H3,(H,32,33)/b24-22+. The highest BCUT2D eigenvalue weighted by Gasteiger charge is 2.46. The zero-order valence-electron chi connectivity index (χ0n) is 18.1. The van der Waals surface area contributed by atoms with Crippen LogP contribution in [0.5, 0.6) is 0 Å². The van der Waals surface area contributed by atoms with Gasteiger partial charge in [0.05, 0.1) is 17.2 Å². The van der Waals surface area contributed by atoms with Crippen molar-refractivity contribution in [3.05, 3.63) is 112 Å². The van der Waals surface area contributed by atoms with Crippen LogP contribution in [0.2, 0.25) is 0 Å². The van der Waals surface area contributed by atoms with Crippen LogP contribution in [0.25, 0.3) is 5.76 Å². The van der Waals surface area contributed by atoms with Crippen molar-refractivity contribution in [2.45, 2.75) is 25.9 Å². The van der Waals surface area contributed by atoms with E-state index in [-0.39, 0.29) is 23.4 Å². The first-order valence-corrected chi connectivity index (χ1v) is 10.7. The van der Waals surface area contributed by atoms with Gasteiger partial charge in [-0.25, -0.2) is 4.79 Å². The molecule has 0 saturated carbocycles. The normalized spacial score (nSPS) is 17.4. The van der Waals surface area contributed by atoms with Crippen molar-refractivity contribution in [3.63, 3.8) is 0 Å².